The molecular formula is C8H16O4. The van der Waals surface area contributed by atoms with Crippen molar-refractivity contribution in [2.24, 2.45) is 0 Å². The van der Waals surface area contributed by atoms with E-state index in [9.17, 15) is 0 Å². The second-order valence-corrected chi connectivity index (χ2v) is 1.82. The molecule has 0 bridgehead atoms. The Balaban J connectivity index is 3.68. The molecular weight excluding hydrogens is 160 g/mol. The van der Waals surface area contributed by atoms with E-state index < -0.39 is 0 Å². The van der Waals surface area contributed by atoms with Gasteiger partial charge in [0.05, 0.1) is 19.8 Å². The molecule has 0 aromatic heterocycles. The fraction of sp³-hybridized carbons (Fsp3) is 0.750. The molecule has 0 saturated heterocycles. The van der Waals surface area contributed by atoms with Crippen molar-refractivity contribution in [3.05, 3.63) is 12.2 Å². The van der Waals surface area contributed by atoms with Crippen molar-refractivity contribution in [3.63, 3.8) is 0 Å². The minimum atomic E-state index is 0.251. The molecule has 0 aromatic carbocycles. The first-order valence-corrected chi connectivity index (χ1v) is 4.09. The van der Waals surface area contributed by atoms with Crippen LogP contribution in [-0.4, -0.2) is 19.8 Å². The predicted molar refractivity (Wildman–Crippen MR) is 44.0 cm³/mol. The number of rotatable bonds is 7. The maximum Gasteiger partial charge on any atom is 0.352 e. The average molecular weight is 176 g/mol. The lowest BCUT2D eigenvalue weighted by atomic mass is 10.8. The van der Waals surface area contributed by atoms with E-state index in [2.05, 4.69) is 4.89 Å². The highest BCUT2D eigenvalue weighted by atomic mass is 17.2. The van der Waals surface area contributed by atoms with Gasteiger partial charge in [0.1, 0.15) is 0 Å². The second kappa shape index (κ2) is 8.20. The van der Waals surface area contributed by atoms with Crippen molar-refractivity contribution in [2.45, 2.75) is 20.8 Å². The molecule has 0 aliphatic carbocycles. The molecule has 0 aliphatic rings. The smallest absolute Gasteiger partial charge is 0.352 e. The first kappa shape index (κ1) is 11.1. The van der Waals surface area contributed by atoms with Crippen LogP contribution in [0.15, 0.2) is 12.2 Å². The zero-order valence-corrected chi connectivity index (χ0v) is 7.83. The van der Waals surface area contributed by atoms with Crippen LogP contribution < -0.4 is 0 Å². The standard InChI is InChI=1S/C8H16O4/c1-4-9-7-8(10-5-2)12-11-6-3/h7H,4-6H2,1-3H3. The normalized spacial score (nSPS) is 11.1. The maximum atomic E-state index is 5.04. The van der Waals surface area contributed by atoms with Gasteiger partial charge in [-0.25, -0.2) is 0 Å². The maximum absolute atomic E-state index is 5.04. The van der Waals surface area contributed by atoms with Crippen LogP contribution in [0.25, 0.3) is 0 Å². The molecule has 0 aromatic rings. The lowest BCUT2D eigenvalue weighted by Crippen LogP contribution is -2.00. The van der Waals surface area contributed by atoms with Crippen molar-refractivity contribution >= 4 is 0 Å². The summed E-state index contributed by atoms with van der Waals surface area (Å²) in [5.41, 5.74) is 0. The molecule has 0 N–H and O–H groups in total. The van der Waals surface area contributed by atoms with E-state index in [-0.39, 0.29) is 5.95 Å². The number of ether oxygens (including phenoxy) is 2. The van der Waals surface area contributed by atoms with Gasteiger partial charge in [-0.2, -0.15) is 4.89 Å². The van der Waals surface area contributed by atoms with Crippen molar-refractivity contribution in [1.29, 1.82) is 0 Å². The molecule has 0 radical (unpaired) electrons. The second-order valence-electron chi connectivity index (χ2n) is 1.82. The van der Waals surface area contributed by atoms with Crippen LogP contribution in [0.5, 0.6) is 0 Å². The summed E-state index contributed by atoms with van der Waals surface area (Å²) in [5, 5.41) is 0. The van der Waals surface area contributed by atoms with Gasteiger partial charge in [-0.3, -0.25) is 4.89 Å². The monoisotopic (exact) mass is 176 g/mol. The quantitative estimate of drug-likeness (QED) is 0.337. The third-order valence-electron chi connectivity index (χ3n) is 0.892. The Bertz CT molecular complexity index is 122. The van der Waals surface area contributed by atoms with Crippen LogP contribution in [0.1, 0.15) is 20.8 Å². The Morgan fingerprint density at radius 1 is 1.08 bits per heavy atom. The summed E-state index contributed by atoms with van der Waals surface area (Å²) in [6.45, 7) is 7.12. The highest BCUT2D eigenvalue weighted by Crippen LogP contribution is 2.00. The Labute approximate surface area is 73.0 Å². The van der Waals surface area contributed by atoms with Crippen molar-refractivity contribution in [2.75, 3.05) is 19.8 Å². The summed E-state index contributed by atoms with van der Waals surface area (Å²) >= 11 is 0. The van der Waals surface area contributed by atoms with Gasteiger partial charge in [-0.1, -0.05) is 0 Å². The van der Waals surface area contributed by atoms with Gasteiger partial charge in [0.2, 0.25) is 0 Å². The zero-order chi connectivity index (χ0) is 9.23. The third-order valence-corrected chi connectivity index (χ3v) is 0.892. The molecule has 0 aliphatic heterocycles. The van der Waals surface area contributed by atoms with Gasteiger partial charge in [0.25, 0.3) is 0 Å². The van der Waals surface area contributed by atoms with E-state index >= 15 is 0 Å². The minimum absolute atomic E-state index is 0.251. The molecule has 0 rings (SSSR count). The lowest BCUT2D eigenvalue weighted by molar-refractivity contribution is -0.291. The van der Waals surface area contributed by atoms with E-state index in [1.807, 2.05) is 20.8 Å². The van der Waals surface area contributed by atoms with Crippen molar-refractivity contribution in [1.82, 2.24) is 0 Å². The Hall–Kier alpha value is -0.900. The summed E-state index contributed by atoms with van der Waals surface area (Å²) in [6, 6.07) is 0. The fourth-order valence-electron chi connectivity index (χ4n) is 0.488. The zero-order valence-electron chi connectivity index (χ0n) is 7.83. The molecule has 0 saturated carbocycles. The Morgan fingerprint density at radius 2 is 1.83 bits per heavy atom. The van der Waals surface area contributed by atoms with Crippen molar-refractivity contribution < 1.29 is 19.2 Å². The predicted octanol–water partition coefficient (Wildman–Crippen LogP) is 1.83. The lowest BCUT2D eigenvalue weighted by Gasteiger charge is -2.07. The van der Waals surface area contributed by atoms with Crippen LogP contribution in [0.3, 0.4) is 0 Å². The van der Waals surface area contributed by atoms with Crippen molar-refractivity contribution in [3.8, 4) is 0 Å². The topological polar surface area (TPSA) is 36.9 Å². The largest absolute Gasteiger partial charge is 0.494 e. The molecule has 12 heavy (non-hydrogen) atoms. The molecule has 4 heteroatoms. The van der Waals surface area contributed by atoms with E-state index in [4.69, 9.17) is 14.4 Å². The summed E-state index contributed by atoms with van der Waals surface area (Å²) in [4.78, 5) is 9.42. The van der Waals surface area contributed by atoms with Gasteiger partial charge in [0.15, 0.2) is 6.26 Å². The van der Waals surface area contributed by atoms with Gasteiger partial charge in [-0.05, 0) is 20.8 Å². The van der Waals surface area contributed by atoms with Crippen LogP contribution in [0.2, 0.25) is 0 Å². The molecule has 0 atom stereocenters. The molecule has 4 nitrogen and oxygen atoms in total. The molecule has 0 amide bonds. The molecule has 0 unspecified atom stereocenters. The molecule has 0 heterocycles. The average Bonchev–Trinajstić information content (AvgIpc) is 2.10. The fourth-order valence-corrected chi connectivity index (χ4v) is 0.488. The molecule has 0 spiro atoms. The SMILES string of the molecule is CCOC=C(OCC)OOCC. The van der Waals surface area contributed by atoms with Crippen LogP contribution in [0, 0.1) is 0 Å². The molecule has 72 valence electrons. The van der Waals surface area contributed by atoms with Gasteiger partial charge in [-0.15, -0.1) is 0 Å². The van der Waals surface area contributed by atoms with E-state index in [0.717, 1.165) is 0 Å². The number of hydrogen-bond donors (Lipinski definition) is 0. The Kier molecular flexibility index (Phi) is 7.58. The summed E-state index contributed by atoms with van der Waals surface area (Å²) < 4.78 is 9.99. The minimum Gasteiger partial charge on any atom is -0.494 e. The van der Waals surface area contributed by atoms with Gasteiger partial charge >= 0.3 is 5.95 Å². The molecule has 0 fully saturated rings. The summed E-state index contributed by atoms with van der Waals surface area (Å²) in [7, 11) is 0. The van der Waals surface area contributed by atoms with Crippen LogP contribution >= 0.6 is 0 Å². The van der Waals surface area contributed by atoms with Crippen LogP contribution in [0.4, 0.5) is 0 Å². The van der Waals surface area contributed by atoms with Gasteiger partial charge in [0, 0.05) is 0 Å². The summed E-state index contributed by atoms with van der Waals surface area (Å²) in [5.74, 6) is 0.251. The highest BCUT2D eigenvalue weighted by molar-refractivity contribution is 4.73. The Morgan fingerprint density at radius 3 is 2.33 bits per heavy atom. The summed E-state index contributed by atoms with van der Waals surface area (Å²) in [6.07, 6.45) is 1.39. The van der Waals surface area contributed by atoms with E-state index in [1.54, 1.807) is 0 Å². The first-order chi connectivity index (χ1) is 5.85. The van der Waals surface area contributed by atoms with Crippen LogP contribution in [-0.2, 0) is 19.2 Å². The highest BCUT2D eigenvalue weighted by Gasteiger charge is 1.98. The van der Waals surface area contributed by atoms with Gasteiger partial charge < -0.3 is 9.47 Å². The first-order valence-electron chi connectivity index (χ1n) is 4.09. The third kappa shape index (κ3) is 5.85. The number of hydrogen-bond acceptors (Lipinski definition) is 4. The van der Waals surface area contributed by atoms with E-state index in [0.29, 0.717) is 19.8 Å². The van der Waals surface area contributed by atoms with E-state index in [1.165, 1.54) is 6.26 Å².